The van der Waals surface area contributed by atoms with Crippen LogP contribution in [0, 0.1) is 0 Å². The second kappa shape index (κ2) is 5.38. The van der Waals surface area contributed by atoms with Gasteiger partial charge in [0, 0.05) is 10.0 Å². The summed E-state index contributed by atoms with van der Waals surface area (Å²) in [5, 5.41) is 9.40. The monoisotopic (exact) mass is 385 g/mol. The minimum absolute atomic E-state index is 0.0171. The molecule has 118 valence electrons. The molecule has 0 bridgehead atoms. The van der Waals surface area contributed by atoms with Crippen molar-refractivity contribution in [3.05, 3.63) is 52.1 Å². The molecule has 3 rings (SSSR count). The molecule has 0 spiro atoms. The molecule has 1 N–H and O–H groups in total. The van der Waals surface area contributed by atoms with Crippen molar-refractivity contribution in [1.82, 2.24) is 4.98 Å². The van der Waals surface area contributed by atoms with Crippen molar-refractivity contribution in [3.63, 3.8) is 0 Å². The van der Waals surface area contributed by atoms with Crippen molar-refractivity contribution in [2.45, 2.75) is 6.18 Å². The number of nitrogens with zero attached hydrogens (tertiary/aromatic N) is 1. The molecule has 0 aliphatic rings. The standard InChI is InChI=1S/C15H7BrF3NO3/c16-8-3-1-7(2-4-8)12-11(14(21)22)9-5-6-10(15(17,18)19)20-13(9)23-12/h1-6H,(H,21,22). The van der Waals surface area contributed by atoms with Gasteiger partial charge >= 0.3 is 12.1 Å². The van der Waals surface area contributed by atoms with Crippen LogP contribution in [0.3, 0.4) is 0 Å². The summed E-state index contributed by atoms with van der Waals surface area (Å²) in [6.45, 7) is 0. The van der Waals surface area contributed by atoms with E-state index in [1.807, 2.05) is 0 Å². The van der Waals surface area contributed by atoms with Crippen LogP contribution >= 0.6 is 15.9 Å². The highest BCUT2D eigenvalue weighted by Crippen LogP contribution is 2.36. The summed E-state index contributed by atoms with van der Waals surface area (Å²) in [4.78, 5) is 14.9. The van der Waals surface area contributed by atoms with Gasteiger partial charge in [0.1, 0.15) is 11.3 Å². The van der Waals surface area contributed by atoms with Crippen molar-refractivity contribution in [3.8, 4) is 11.3 Å². The number of carboxylic acid groups (broad SMARTS) is 1. The number of fused-ring (bicyclic) bond motifs is 1. The van der Waals surface area contributed by atoms with Crippen molar-refractivity contribution < 1.29 is 27.5 Å². The molecule has 0 radical (unpaired) electrons. The lowest BCUT2D eigenvalue weighted by Crippen LogP contribution is -2.07. The van der Waals surface area contributed by atoms with Crippen molar-refractivity contribution in [2.75, 3.05) is 0 Å². The molecule has 0 aliphatic carbocycles. The van der Waals surface area contributed by atoms with E-state index in [1.165, 1.54) is 0 Å². The molecule has 0 fully saturated rings. The Hall–Kier alpha value is -2.35. The van der Waals surface area contributed by atoms with E-state index in [2.05, 4.69) is 20.9 Å². The fourth-order valence-electron chi connectivity index (χ4n) is 2.15. The average molecular weight is 386 g/mol. The number of benzene rings is 1. The molecule has 0 saturated carbocycles. The quantitative estimate of drug-likeness (QED) is 0.675. The predicted octanol–water partition coefficient (Wildman–Crippen LogP) is 4.97. The Balaban J connectivity index is 2.27. The van der Waals surface area contributed by atoms with Crippen LogP contribution < -0.4 is 0 Å². The van der Waals surface area contributed by atoms with E-state index >= 15 is 0 Å². The Morgan fingerprint density at radius 1 is 1.13 bits per heavy atom. The van der Waals surface area contributed by atoms with Gasteiger partial charge in [-0.05, 0) is 24.3 Å². The van der Waals surface area contributed by atoms with E-state index in [1.54, 1.807) is 24.3 Å². The van der Waals surface area contributed by atoms with E-state index < -0.39 is 17.8 Å². The number of pyridine rings is 1. The van der Waals surface area contributed by atoms with Crippen LogP contribution in [0.4, 0.5) is 13.2 Å². The Kier molecular flexibility index (Phi) is 3.63. The van der Waals surface area contributed by atoms with Crippen LogP contribution in [0.1, 0.15) is 16.1 Å². The first-order chi connectivity index (χ1) is 10.8. The second-order valence-electron chi connectivity index (χ2n) is 4.67. The molecule has 0 saturated heterocycles. The number of alkyl halides is 3. The summed E-state index contributed by atoms with van der Waals surface area (Å²) >= 11 is 3.25. The number of carbonyl (C=O) groups is 1. The number of hydrogen-bond acceptors (Lipinski definition) is 3. The topological polar surface area (TPSA) is 63.3 Å². The number of aromatic nitrogens is 1. The van der Waals surface area contributed by atoms with Gasteiger partial charge in [-0.3, -0.25) is 0 Å². The average Bonchev–Trinajstić information content (AvgIpc) is 2.85. The van der Waals surface area contributed by atoms with E-state index in [0.29, 0.717) is 5.56 Å². The van der Waals surface area contributed by atoms with Crippen LogP contribution in [-0.2, 0) is 6.18 Å². The highest BCUT2D eigenvalue weighted by atomic mass is 79.9. The third kappa shape index (κ3) is 2.81. The third-order valence-electron chi connectivity index (χ3n) is 3.17. The fourth-order valence-corrected chi connectivity index (χ4v) is 2.42. The SMILES string of the molecule is O=C(O)c1c(-c2ccc(Br)cc2)oc2nc(C(F)(F)F)ccc12. The Morgan fingerprint density at radius 3 is 2.35 bits per heavy atom. The minimum Gasteiger partial charge on any atom is -0.478 e. The first-order valence-electron chi connectivity index (χ1n) is 6.27. The molecular formula is C15H7BrF3NO3. The summed E-state index contributed by atoms with van der Waals surface area (Å²) in [6, 6.07) is 8.32. The molecule has 23 heavy (non-hydrogen) atoms. The summed E-state index contributed by atoms with van der Waals surface area (Å²) < 4.78 is 44.3. The lowest BCUT2D eigenvalue weighted by atomic mass is 10.1. The molecule has 1 aromatic carbocycles. The van der Waals surface area contributed by atoms with Crippen LogP contribution in [0.25, 0.3) is 22.4 Å². The summed E-state index contributed by atoms with van der Waals surface area (Å²) in [5.41, 5.74) is -1.30. The first kappa shape index (κ1) is 15.5. The number of hydrogen-bond donors (Lipinski definition) is 1. The van der Waals surface area contributed by atoms with Gasteiger partial charge in [0.2, 0.25) is 5.71 Å². The van der Waals surface area contributed by atoms with Crippen molar-refractivity contribution in [1.29, 1.82) is 0 Å². The highest BCUT2D eigenvalue weighted by molar-refractivity contribution is 9.10. The molecule has 0 unspecified atom stereocenters. The molecule has 8 heteroatoms. The Labute approximate surface area is 135 Å². The normalized spacial score (nSPS) is 11.8. The molecular weight excluding hydrogens is 379 g/mol. The van der Waals surface area contributed by atoms with Gasteiger partial charge in [-0.25, -0.2) is 9.78 Å². The van der Waals surface area contributed by atoms with E-state index in [9.17, 15) is 23.1 Å². The van der Waals surface area contributed by atoms with Gasteiger partial charge < -0.3 is 9.52 Å². The maximum atomic E-state index is 12.7. The van der Waals surface area contributed by atoms with Crippen LogP contribution in [0.5, 0.6) is 0 Å². The number of aromatic carboxylic acids is 1. The lowest BCUT2D eigenvalue weighted by Gasteiger charge is -2.03. The van der Waals surface area contributed by atoms with Gasteiger partial charge in [0.25, 0.3) is 0 Å². The second-order valence-corrected chi connectivity index (χ2v) is 5.58. The lowest BCUT2D eigenvalue weighted by molar-refractivity contribution is -0.141. The Morgan fingerprint density at radius 2 is 1.78 bits per heavy atom. The third-order valence-corrected chi connectivity index (χ3v) is 3.69. The number of carboxylic acids is 1. The molecule has 3 aromatic rings. The van der Waals surface area contributed by atoms with Gasteiger partial charge in [0.05, 0.1) is 5.39 Å². The molecule has 0 aliphatic heterocycles. The van der Waals surface area contributed by atoms with E-state index in [0.717, 1.165) is 16.6 Å². The van der Waals surface area contributed by atoms with Gasteiger partial charge in [-0.1, -0.05) is 28.1 Å². The number of furan rings is 1. The summed E-state index contributed by atoms with van der Waals surface area (Å²) in [6.07, 6.45) is -4.64. The van der Waals surface area contributed by atoms with E-state index in [-0.39, 0.29) is 22.4 Å². The predicted molar refractivity (Wildman–Crippen MR) is 79.1 cm³/mol. The zero-order valence-electron chi connectivity index (χ0n) is 11.2. The largest absolute Gasteiger partial charge is 0.478 e. The van der Waals surface area contributed by atoms with Crippen molar-refractivity contribution in [2.24, 2.45) is 0 Å². The van der Waals surface area contributed by atoms with E-state index in [4.69, 9.17) is 4.42 Å². The fraction of sp³-hybridized carbons (Fsp3) is 0.0667. The van der Waals surface area contributed by atoms with Crippen LogP contribution in [0.15, 0.2) is 45.3 Å². The zero-order chi connectivity index (χ0) is 16.8. The molecule has 2 aromatic heterocycles. The first-order valence-corrected chi connectivity index (χ1v) is 7.06. The smallest absolute Gasteiger partial charge is 0.433 e. The molecule has 0 amide bonds. The van der Waals surface area contributed by atoms with Gasteiger partial charge in [-0.15, -0.1) is 0 Å². The molecule has 0 atom stereocenters. The van der Waals surface area contributed by atoms with Gasteiger partial charge in [-0.2, -0.15) is 13.2 Å². The van der Waals surface area contributed by atoms with Crippen molar-refractivity contribution >= 4 is 33.0 Å². The summed E-state index contributed by atoms with van der Waals surface area (Å²) in [7, 11) is 0. The summed E-state index contributed by atoms with van der Waals surface area (Å²) in [5.74, 6) is -1.34. The molecule has 2 heterocycles. The van der Waals surface area contributed by atoms with Gasteiger partial charge in [0.15, 0.2) is 5.76 Å². The zero-order valence-corrected chi connectivity index (χ0v) is 12.8. The number of rotatable bonds is 2. The Bertz CT molecular complexity index is 901. The number of halogens is 4. The maximum absolute atomic E-state index is 12.7. The molecule has 4 nitrogen and oxygen atoms in total. The highest BCUT2D eigenvalue weighted by Gasteiger charge is 2.34. The van der Waals surface area contributed by atoms with Crippen LogP contribution in [0.2, 0.25) is 0 Å². The minimum atomic E-state index is -4.64. The maximum Gasteiger partial charge on any atom is 0.433 e. The van der Waals surface area contributed by atoms with Crippen LogP contribution in [-0.4, -0.2) is 16.1 Å².